The lowest BCUT2D eigenvalue weighted by molar-refractivity contribution is -0.141. The summed E-state index contributed by atoms with van der Waals surface area (Å²) >= 11 is 0. The molecule has 0 aliphatic carbocycles. The molecule has 4 nitrogen and oxygen atoms in total. The van der Waals surface area contributed by atoms with Gasteiger partial charge < -0.3 is 5.32 Å². The number of nitrogens with one attached hydrogen (secondary N) is 1. The lowest BCUT2D eigenvalue weighted by atomic mass is 10.2. The molecule has 0 radical (unpaired) electrons. The fraction of sp³-hybridized carbons (Fsp3) is 0.167. The summed E-state index contributed by atoms with van der Waals surface area (Å²) in [6, 6.07) is 0.251. The molecule has 0 fully saturated rings. The van der Waals surface area contributed by atoms with Crippen molar-refractivity contribution in [1.29, 1.82) is 0 Å². The van der Waals surface area contributed by atoms with Crippen molar-refractivity contribution in [2.45, 2.75) is 6.18 Å². The minimum atomic E-state index is -4.90. The maximum atomic E-state index is 13.4. The van der Waals surface area contributed by atoms with Gasteiger partial charge >= 0.3 is 6.18 Å². The van der Waals surface area contributed by atoms with E-state index < -0.39 is 58.2 Å². The van der Waals surface area contributed by atoms with E-state index >= 15 is 0 Å². The second kappa shape index (κ2) is 5.76. The van der Waals surface area contributed by atoms with Gasteiger partial charge in [-0.25, -0.2) is 22.0 Å². The highest BCUT2D eigenvalue weighted by Crippen LogP contribution is 2.30. The van der Waals surface area contributed by atoms with Gasteiger partial charge in [0.05, 0.1) is 0 Å². The summed E-state index contributed by atoms with van der Waals surface area (Å²) in [5, 5.41) is 4.32. The topological polar surface area (TPSA) is 46.9 Å². The van der Waals surface area contributed by atoms with Crippen LogP contribution in [0, 0.1) is 29.1 Å². The van der Waals surface area contributed by atoms with Crippen molar-refractivity contribution >= 4 is 11.6 Å². The van der Waals surface area contributed by atoms with Crippen LogP contribution in [0.4, 0.5) is 40.8 Å². The molecule has 0 atom stereocenters. The zero-order valence-electron chi connectivity index (χ0n) is 11.4. The van der Waals surface area contributed by atoms with E-state index in [0.717, 1.165) is 7.05 Å². The number of aromatic nitrogens is 2. The molecule has 2 aromatic rings. The molecule has 0 spiro atoms. The maximum absolute atomic E-state index is 13.4. The van der Waals surface area contributed by atoms with Crippen LogP contribution in [0.5, 0.6) is 0 Å². The number of amides is 1. The van der Waals surface area contributed by atoms with Crippen LogP contribution >= 0.6 is 0 Å². The highest BCUT2D eigenvalue weighted by atomic mass is 19.4. The summed E-state index contributed by atoms with van der Waals surface area (Å²) in [5.41, 5.74) is -3.98. The van der Waals surface area contributed by atoms with Crippen LogP contribution in [-0.2, 0) is 13.2 Å². The smallest absolute Gasteiger partial charge is 0.316 e. The third kappa shape index (κ3) is 2.90. The van der Waals surface area contributed by atoms with Crippen LogP contribution in [0.2, 0.25) is 0 Å². The number of carbonyl (C=O) groups excluding carboxylic acids is 1. The average molecular weight is 359 g/mol. The van der Waals surface area contributed by atoms with Crippen molar-refractivity contribution < 1.29 is 39.9 Å². The van der Waals surface area contributed by atoms with E-state index in [1.54, 1.807) is 0 Å². The highest BCUT2D eigenvalue weighted by molar-refractivity contribution is 6.03. The molecule has 0 aliphatic rings. The Morgan fingerprint density at radius 2 is 1.46 bits per heavy atom. The quantitative estimate of drug-likeness (QED) is 0.508. The second-order valence-electron chi connectivity index (χ2n) is 4.44. The number of halogens is 8. The predicted octanol–water partition coefficient (Wildman–Crippen LogP) is 3.39. The van der Waals surface area contributed by atoms with Gasteiger partial charge in [-0.3, -0.25) is 9.48 Å². The van der Waals surface area contributed by atoms with E-state index in [4.69, 9.17) is 0 Å². The Bertz CT molecular complexity index is 798. The molecular formula is C12H5F8N3O. The van der Waals surface area contributed by atoms with Gasteiger partial charge in [0, 0.05) is 13.1 Å². The van der Waals surface area contributed by atoms with Gasteiger partial charge in [-0.05, 0) is 0 Å². The number of hydrogen-bond acceptors (Lipinski definition) is 2. The zero-order chi connectivity index (χ0) is 18.4. The largest absolute Gasteiger partial charge is 0.435 e. The van der Waals surface area contributed by atoms with Gasteiger partial charge in [-0.2, -0.15) is 18.3 Å². The van der Waals surface area contributed by atoms with E-state index in [1.807, 2.05) is 0 Å². The zero-order valence-corrected chi connectivity index (χ0v) is 11.4. The van der Waals surface area contributed by atoms with Crippen molar-refractivity contribution in [1.82, 2.24) is 9.78 Å². The monoisotopic (exact) mass is 359 g/mol. The van der Waals surface area contributed by atoms with Gasteiger partial charge in [-0.1, -0.05) is 0 Å². The summed E-state index contributed by atoms with van der Waals surface area (Å²) in [7, 11) is 0.919. The molecule has 0 saturated heterocycles. The lowest BCUT2D eigenvalue weighted by Crippen LogP contribution is -2.19. The van der Waals surface area contributed by atoms with Crippen molar-refractivity contribution in [3.63, 3.8) is 0 Å². The molecule has 1 amide bonds. The Morgan fingerprint density at radius 1 is 1.00 bits per heavy atom. The number of nitrogens with zero attached hydrogens (tertiary/aromatic N) is 2. The molecule has 0 bridgehead atoms. The van der Waals surface area contributed by atoms with Gasteiger partial charge in [-0.15, -0.1) is 0 Å². The summed E-state index contributed by atoms with van der Waals surface area (Å²) in [4.78, 5) is 11.8. The van der Waals surface area contributed by atoms with Crippen molar-refractivity contribution in [2.24, 2.45) is 7.05 Å². The standard InChI is InChI=1S/C12H5F8N3O/c1-23-3(2-4(22-23)12(18,19)20)11(24)21-10-8(16)6(14)5(13)7(15)9(10)17/h2H,1H3,(H,21,24). The van der Waals surface area contributed by atoms with E-state index in [0.29, 0.717) is 4.68 Å². The van der Waals surface area contributed by atoms with E-state index in [2.05, 4.69) is 5.10 Å². The molecule has 0 unspecified atom stereocenters. The number of anilines is 1. The van der Waals surface area contributed by atoms with Crippen LogP contribution in [0.1, 0.15) is 16.2 Å². The SMILES string of the molecule is Cn1nc(C(F)(F)F)cc1C(=O)Nc1c(F)c(F)c(F)c(F)c1F. The van der Waals surface area contributed by atoms with Gasteiger partial charge in [0.1, 0.15) is 11.4 Å². The Hall–Kier alpha value is -2.66. The number of benzene rings is 1. The van der Waals surface area contributed by atoms with Gasteiger partial charge in [0.25, 0.3) is 5.91 Å². The van der Waals surface area contributed by atoms with Gasteiger partial charge in [0.15, 0.2) is 29.0 Å². The summed E-state index contributed by atoms with van der Waals surface area (Å²) < 4.78 is 104. The number of rotatable bonds is 2. The van der Waals surface area contributed by atoms with Crippen LogP contribution in [0.3, 0.4) is 0 Å². The highest BCUT2D eigenvalue weighted by Gasteiger charge is 2.36. The molecule has 0 saturated carbocycles. The number of hydrogen-bond donors (Lipinski definition) is 1. The van der Waals surface area contributed by atoms with Crippen LogP contribution in [0.25, 0.3) is 0 Å². The molecule has 0 aliphatic heterocycles. The van der Waals surface area contributed by atoms with Crippen LogP contribution < -0.4 is 5.32 Å². The normalized spacial score (nSPS) is 11.7. The molecule has 1 N–H and O–H groups in total. The van der Waals surface area contributed by atoms with E-state index in [-0.39, 0.29) is 6.07 Å². The number of aryl methyl sites for hydroxylation is 1. The van der Waals surface area contributed by atoms with Crippen molar-refractivity contribution in [3.8, 4) is 0 Å². The molecule has 1 heterocycles. The summed E-state index contributed by atoms with van der Waals surface area (Å²) in [6.07, 6.45) is -4.90. The third-order valence-electron chi connectivity index (χ3n) is 2.85. The molecule has 1 aromatic carbocycles. The maximum Gasteiger partial charge on any atom is 0.435 e. The van der Waals surface area contributed by atoms with Crippen LogP contribution in [0.15, 0.2) is 6.07 Å². The first kappa shape index (κ1) is 17.7. The first-order chi connectivity index (χ1) is 10.9. The second-order valence-corrected chi connectivity index (χ2v) is 4.44. The molecular weight excluding hydrogens is 354 g/mol. The molecule has 24 heavy (non-hydrogen) atoms. The minimum absolute atomic E-state index is 0.251. The fourth-order valence-corrected chi connectivity index (χ4v) is 1.71. The molecule has 1 aromatic heterocycles. The minimum Gasteiger partial charge on any atom is -0.316 e. The Morgan fingerprint density at radius 3 is 1.88 bits per heavy atom. The first-order valence-electron chi connectivity index (χ1n) is 5.89. The lowest BCUT2D eigenvalue weighted by Gasteiger charge is -2.09. The number of carbonyl (C=O) groups is 1. The summed E-state index contributed by atoms with van der Waals surface area (Å²) in [5.74, 6) is -13.3. The molecule has 2 rings (SSSR count). The third-order valence-corrected chi connectivity index (χ3v) is 2.85. The van der Waals surface area contributed by atoms with Crippen LogP contribution in [-0.4, -0.2) is 15.7 Å². The molecule has 12 heteroatoms. The van der Waals surface area contributed by atoms with E-state index in [1.165, 1.54) is 5.32 Å². The number of alkyl halides is 3. The predicted molar refractivity (Wildman–Crippen MR) is 62.4 cm³/mol. The Labute approximate surface area is 127 Å². The first-order valence-corrected chi connectivity index (χ1v) is 5.89. The summed E-state index contributed by atoms with van der Waals surface area (Å²) in [6.45, 7) is 0. The van der Waals surface area contributed by atoms with Crippen molar-refractivity contribution in [2.75, 3.05) is 5.32 Å². The van der Waals surface area contributed by atoms with Crippen molar-refractivity contribution in [3.05, 3.63) is 46.5 Å². The Kier molecular flexibility index (Phi) is 4.25. The van der Waals surface area contributed by atoms with E-state index in [9.17, 15) is 39.9 Å². The fourth-order valence-electron chi connectivity index (χ4n) is 1.71. The Balaban J connectivity index is 2.44. The average Bonchev–Trinajstić information content (AvgIpc) is 2.89. The van der Waals surface area contributed by atoms with Gasteiger partial charge in [0.2, 0.25) is 5.82 Å². The molecule has 130 valence electrons.